The predicted octanol–water partition coefficient (Wildman–Crippen LogP) is 2.75. The van der Waals surface area contributed by atoms with Gasteiger partial charge in [0.25, 0.3) is 0 Å². The molecule has 0 radical (unpaired) electrons. The number of carbonyl (C=O) groups excluding carboxylic acids is 1. The largest absolute Gasteiger partial charge is 0.481 e. The van der Waals surface area contributed by atoms with Crippen LogP contribution in [-0.4, -0.2) is 41.0 Å². The summed E-state index contributed by atoms with van der Waals surface area (Å²) < 4.78 is 5.44. The second kappa shape index (κ2) is 7.04. The van der Waals surface area contributed by atoms with Crippen molar-refractivity contribution in [1.82, 2.24) is 5.32 Å². The maximum absolute atomic E-state index is 12.2. The number of alkyl carbamates (subject to hydrolysis) is 1. The maximum atomic E-state index is 12.2. The normalized spacial score (nSPS) is 23.5. The summed E-state index contributed by atoms with van der Waals surface area (Å²) >= 11 is 0. The maximum Gasteiger partial charge on any atom is 0.407 e. The number of rotatable bonds is 4. The first kappa shape index (κ1) is 17.5. The molecule has 2 aromatic carbocycles. The summed E-state index contributed by atoms with van der Waals surface area (Å²) in [7, 11) is 0. The molecule has 0 unspecified atom stereocenters. The number of nitrogens with one attached hydrogen (secondary N) is 1. The van der Waals surface area contributed by atoms with Gasteiger partial charge in [-0.05, 0) is 35.1 Å². The van der Waals surface area contributed by atoms with E-state index in [-0.39, 0.29) is 25.4 Å². The molecule has 2 aliphatic rings. The van der Waals surface area contributed by atoms with E-state index < -0.39 is 30.1 Å². The molecule has 3 N–H and O–H groups in total. The summed E-state index contributed by atoms with van der Waals surface area (Å²) in [5.74, 6) is -1.63. The van der Waals surface area contributed by atoms with Crippen molar-refractivity contribution in [2.24, 2.45) is 5.92 Å². The van der Waals surface area contributed by atoms with Gasteiger partial charge in [-0.1, -0.05) is 48.5 Å². The molecule has 2 aliphatic carbocycles. The zero-order valence-corrected chi connectivity index (χ0v) is 14.7. The van der Waals surface area contributed by atoms with E-state index in [0.717, 1.165) is 22.3 Å². The number of fused-ring (bicyclic) bond motifs is 3. The van der Waals surface area contributed by atoms with Crippen LogP contribution in [0.4, 0.5) is 4.79 Å². The average molecular weight is 367 g/mol. The summed E-state index contributed by atoms with van der Waals surface area (Å²) in [5.41, 5.74) is 4.55. The molecule has 2 aromatic rings. The second-order valence-electron chi connectivity index (χ2n) is 7.15. The molecular weight excluding hydrogens is 346 g/mol. The Bertz CT molecular complexity index is 835. The first-order chi connectivity index (χ1) is 13.0. The quantitative estimate of drug-likeness (QED) is 0.772. The molecule has 0 saturated heterocycles. The first-order valence-electron chi connectivity index (χ1n) is 9.07. The van der Waals surface area contributed by atoms with Gasteiger partial charge in [0.2, 0.25) is 0 Å². The number of benzene rings is 2. The Morgan fingerprint density at radius 1 is 1.00 bits per heavy atom. The lowest BCUT2D eigenvalue weighted by Crippen LogP contribution is -2.40. The van der Waals surface area contributed by atoms with Crippen LogP contribution in [0.15, 0.2) is 48.5 Å². The van der Waals surface area contributed by atoms with Crippen molar-refractivity contribution in [3.05, 3.63) is 59.7 Å². The van der Waals surface area contributed by atoms with Crippen molar-refractivity contribution in [2.75, 3.05) is 6.61 Å². The van der Waals surface area contributed by atoms with Crippen molar-refractivity contribution in [3.8, 4) is 11.1 Å². The van der Waals surface area contributed by atoms with Crippen molar-refractivity contribution in [2.45, 2.75) is 30.9 Å². The van der Waals surface area contributed by atoms with Crippen LogP contribution in [0, 0.1) is 5.92 Å². The molecule has 4 rings (SSSR count). The van der Waals surface area contributed by atoms with Crippen LogP contribution in [0.5, 0.6) is 0 Å². The number of carboxylic acid groups (broad SMARTS) is 1. The summed E-state index contributed by atoms with van der Waals surface area (Å²) in [6.45, 7) is 0.186. The third-order valence-electron chi connectivity index (χ3n) is 5.53. The molecule has 0 aromatic heterocycles. The Kier molecular flexibility index (Phi) is 4.58. The van der Waals surface area contributed by atoms with E-state index >= 15 is 0 Å². The fourth-order valence-electron chi connectivity index (χ4n) is 4.16. The molecule has 6 heteroatoms. The molecule has 6 nitrogen and oxygen atoms in total. The standard InChI is InChI=1S/C21H21NO5/c23-19-10-12(20(24)25)9-18(19)22-21(26)27-11-17-15-7-3-1-5-13(15)14-6-2-4-8-16(14)17/h1-8,12,17-19,23H,9-11H2,(H,22,26)(H,24,25)/t12-,18-,19-/m1/s1. The van der Waals surface area contributed by atoms with E-state index in [1.54, 1.807) is 0 Å². The monoisotopic (exact) mass is 367 g/mol. The number of aliphatic carboxylic acids is 1. The minimum atomic E-state index is -0.953. The van der Waals surface area contributed by atoms with E-state index in [2.05, 4.69) is 17.4 Å². The lowest BCUT2D eigenvalue weighted by Gasteiger charge is -2.18. The highest BCUT2D eigenvalue weighted by atomic mass is 16.5. The number of amides is 1. The molecule has 0 bridgehead atoms. The van der Waals surface area contributed by atoms with Gasteiger partial charge in [-0.3, -0.25) is 4.79 Å². The van der Waals surface area contributed by atoms with Gasteiger partial charge in [0.15, 0.2) is 0 Å². The molecular formula is C21H21NO5. The Balaban J connectivity index is 1.42. The van der Waals surface area contributed by atoms with Gasteiger partial charge in [0.1, 0.15) is 6.61 Å². The number of aliphatic hydroxyl groups excluding tert-OH is 1. The van der Waals surface area contributed by atoms with Crippen molar-refractivity contribution < 1.29 is 24.5 Å². The van der Waals surface area contributed by atoms with Gasteiger partial charge in [-0.2, -0.15) is 0 Å². The van der Waals surface area contributed by atoms with E-state index in [1.165, 1.54) is 0 Å². The minimum absolute atomic E-state index is 0.0385. The van der Waals surface area contributed by atoms with Crippen LogP contribution >= 0.6 is 0 Å². The topological polar surface area (TPSA) is 95.9 Å². The van der Waals surface area contributed by atoms with Gasteiger partial charge < -0.3 is 20.3 Å². The number of ether oxygens (including phenoxy) is 1. The smallest absolute Gasteiger partial charge is 0.407 e. The molecule has 27 heavy (non-hydrogen) atoms. The number of aliphatic hydroxyl groups is 1. The Hall–Kier alpha value is -2.86. The van der Waals surface area contributed by atoms with E-state index in [4.69, 9.17) is 9.84 Å². The van der Waals surface area contributed by atoms with E-state index in [9.17, 15) is 14.7 Å². The van der Waals surface area contributed by atoms with Crippen LogP contribution in [0.25, 0.3) is 11.1 Å². The zero-order valence-electron chi connectivity index (χ0n) is 14.7. The molecule has 140 valence electrons. The highest BCUT2D eigenvalue weighted by molar-refractivity contribution is 5.79. The van der Waals surface area contributed by atoms with Crippen molar-refractivity contribution in [3.63, 3.8) is 0 Å². The second-order valence-corrected chi connectivity index (χ2v) is 7.15. The molecule has 0 heterocycles. The Morgan fingerprint density at radius 2 is 1.59 bits per heavy atom. The number of carboxylic acids is 1. The summed E-state index contributed by atoms with van der Waals surface area (Å²) in [6.07, 6.45) is -1.15. The number of carbonyl (C=O) groups is 2. The molecule has 0 spiro atoms. The SMILES string of the molecule is O=C(N[C@@H]1C[C@@H](C(=O)O)C[C@H]1O)OCC1c2ccccc2-c2ccccc21. The fourth-order valence-corrected chi connectivity index (χ4v) is 4.16. The minimum Gasteiger partial charge on any atom is -0.481 e. The Labute approximate surface area is 156 Å². The predicted molar refractivity (Wildman–Crippen MR) is 98.4 cm³/mol. The molecule has 1 amide bonds. The molecule has 0 aliphatic heterocycles. The molecule has 3 atom stereocenters. The van der Waals surface area contributed by atoms with Crippen LogP contribution in [0.2, 0.25) is 0 Å². The number of hydrogen-bond donors (Lipinski definition) is 3. The van der Waals surface area contributed by atoms with Gasteiger partial charge in [0.05, 0.1) is 18.1 Å². The van der Waals surface area contributed by atoms with Crippen LogP contribution in [0.3, 0.4) is 0 Å². The highest BCUT2D eigenvalue weighted by Crippen LogP contribution is 2.44. The van der Waals surface area contributed by atoms with Gasteiger partial charge in [0, 0.05) is 5.92 Å². The first-order valence-corrected chi connectivity index (χ1v) is 9.07. The van der Waals surface area contributed by atoms with Crippen LogP contribution < -0.4 is 5.32 Å². The van der Waals surface area contributed by atoms with Crippen molar-refractivity contribution >= 4 is 12.1 Å². The lowest BCUT2D eigenvalue weighted by atomic mass is 9.98. The fraction of sp³-hybridized carbons (Fsp3) is 0.333. The lowest BCUT2D eigenvalue weighted by molar-refractivity contribution is -0.141. The molecule has 1 fully saturated rings. The van der Waals surface area contributed by atoms with Crippen LogP contribution in [0.1, 0.15) is 29.9 Å². The summed E-state index contributed by atoms with van der Waals surface area (Å²) in [5, 5.41) is 21.6. The van der Waals surface area contributed by atoms with E-state index in [0.29, 0.717) is 0 Å². The highest BCUT2D eigenvalue weighted by Gasteiger charge is 2.38. The zero-order chi connectivity index (χ0) is 19.0. The van der Waals surface area contributed by atoms with Gasteiger partial charge in [-0.15, -0.1) is 0 Å². The third-order valence-corrected chi connectivity index (χ3v) is 5.53. The average Bonchev–Trinajstić information content (AvgIpc) is 3.19. The summed E-state index contributed by atoms with van der Waals surface area (Å²) in [4.78, 5) is 23.3. The summed E-state index contributed by atoms with van der Waals surface area (Å²) in [6, 6.07) is 15.5. The van der Waals surface area contributed by atoms with E-state index in [1.807, 2.05) is 36.4 Å². The molecule has 1 saturated carbocycles. The third kappa shape index (κ3) is 3.28. The Morgan fingerprint density at radius 3 is 2.15 bits per heavy atom. The van der Waals surface area contributed by atoms with Gasteiger partial charge in [-0.25, -0.2) is 4.79 Å². The van der Waals surface area contributed by atoms with Gasteiger partial charge >= 0.3 is 12.1 Å². The van der Waals surface area contributed by atoms with Crippen LogP contribution in [-0.2, 0) is 9.53 Å². The number of hydrogen-bond acceptors (Lipinski definition) is 4. The van der Waals surface area contributed by atoms with Crippen molar-refractivity contribution in [1.29, 1.82) is 0 Å².